The number of aryl methyl sites for hydroxylation is 2. The van der Waals surface area contributed by atoms with Crippen molar-refractivity contribution in [3.8, 4) is 45.6 Å². The molecule has 8 rings (SSSR count). The van der Waals surface area contributed by atoms with Crippen molar-refractivity contribution in [2.75, 3.05) is 0 Å². The smallest absolute Gasteiger partial charge is 0.167 e. The molecule has 2 heterocycles. The first-order chi connectivity index (χ1) is 29.8. The summed E-state index contributed by atoms with van der Waals surface area (Å²) in [5, 5.41) is 73.8. The number of nitrogens with zero attached hydrogens (tertiary/aromatic N) is 2. The molecule has 0 radical (unpaired) electrons. The average Bonchev–Trinajstić information content (AvgIpc) is 3.96. The standard InChI is InChI=1S/C52H60N2O8/c1-27(2)41-35-21-29(5)43(49(57)45(35)37(47(55)51(41)59)25-53-39-17-9-7-13-31(39)23-33-15-11-19-61-33)44-30(6)22-36-42(28(3)4)52(60)48(56)38(46(36)50(44)58)26-54-40-18-10-8-14-32(40)24-34-16-12-20-62-34/h11-12,15-16,19-22,25-28,31-32,39-40,55-60H,7-10,13-14,17-18,23-24H2,1-6H3/t31-,32+,39-,40-/m1/s1. The van der Waals surface area contributed by atoms with Crippen LogP contribution < -0.4 is 0 Å². The molecule has 10 heteroatoms. The summed E-state index contributed by atoms with van der Waals surface area (Å²) >= 11 is 0. The van der Waals surface area contributed by atoms with Gasteiger partial charge in [0, 0.05) is 69.4 Å². The van der Waals surface area contributed by atoms with Gasteiger partial charge < -0.3 is 39.5 Å². The maximum absolute atomic E-state index is 12.7. The molecule has 0 spiro atoms. The maximum Gasteiger partial charge on any atom is 0.167 e. The zero-order valence-corrected chi connectivity index (χ0v) is 36.7. The lowest BCUT2D eigenvalue weighted by Crippen LogP contribution is -2.25. The zero-order chi connectivity index (χ0) is 44.0. The van der Waals surface area contributed by atoms with Crippen molar-refractivity contribution in [2.45, 2.75) is 130 Å². The molecule has 6 N–H and O–H groups in total. The zero-order valence-electron chi connectivity index (χ0n) is 36.7. The van der Waals surface area contributed by atoms with E-state index < -0.39 is 0 Å². The second-order valence-electron chi connectivity index (χ2n) is 18.4. The van der Waals surface area contributed by atoms with Crippen LogP contribution in [0.4, 0.5) is 0 Å². The average molecular weight is 841 g/mol. The van der Waals surface area contributed by atoms with Crippen molar-refractivity contribution in [1.82, 2.24) is 0 Å². The first kappa shape index (κ1) is 42.8. The van der Waals surface area contributed by atoms with E-state index in [-0.39, 0.29) is 81.4 Å². The summed E-state index contributed by atoms with van der Waals surface area (Å²) in [6.07, 6.45) is 15.9. The number of rotatable bonds is 11. The maximum atomic E-state index is 12.7. The van der Waals surface area contributed by atoms with E-state index in [1.165, 1.54) is 0 Å². The Morgan fingerprint density at radius 2 is 0.952 bits per heavy atom. The predicted molar refractivity (Wildman–Crippen MR) is 246 cm³/mol. The summed E-state index contributed by atoms with van der Waals surface area (Å²) in [6.45, 7) is 11.4. The van der Waals surface area contributed by atoms with E-state index in [1.807, 2.05) is 77.9 Å². The molecule has 326 valence electrons. The highest BCUT2D eigenvalue weighted by Gasteiger charge is 2.32. The first-order valence-corrected chi connectivity index (χ1v) is 22.4. The Kier molecular flexibility index (Phi) is 12.0. The lowest BCUT2D eigenvalue weighted by atomic mass is 9.81. The third-order valence-corrected chi connectivity index (χ3v) is 13.6. The van der Waals surface area contributed by atoms with E-state index in [9.17, 15) is 30.6 Å². The van der Waals surface area contributed by atoms with Crippen LogP contribution in [-0.2, 0) is 12.8 Å². The number of aliphatic imine (C=N–C) groups is 2. The SMILES string of the molecule is Cc1cc2c(C(C)C)c(O)c(O)c(C=N[C@@H]3CCCC[C@@H]3Cc3ccco3)c2c(O)c1-c1c(C)cc2c(C(C)C)c(O)c(O)c(C=N[C@@H]3CCCC[C@H]3Cc3ccco3)c2c1O. The Hall–Kier alpha value is -5.90. The van der Waals surface area contributed by atoms with Crippen LogP contribution in [0.25, 0.3) is 32.7 Å². The fourth-order valence-corrected chi connectivity index (χ4v) is 10.6. The Labute approximate surface area is 363 Å². The number of aromatic hydroxyl groups is 6. The molecule has 0 amide bonds. The summed E-state index contributed by atoms with van der Waals surface area (Å²) in [5.41, 5.74) is 3.28. The summed E-state index contributed by atoms with van der Waals surface area (Å²) in [6, 6.07) is 11.4. The van der Waals surface area contributed by atoms with E-state index in [0.29, 0.717) is 54.9 Å². The van der Waals surface area contributed by atoms with Gasteiger partial charge in [-0.15, -0.1) is 0 Å². The molecule has 0 aliphatic heterocycles. The second-order valence-corrected chi connectivity index (χ2v) is 18.4. The molecule has 4 aromatic carbocycles. The predicted octanol–water partition coefficient (Wildman–Crippen LogP) is 12.4. The van der Waals surface area contributed by atoms with Gasteiger partial charge in [0.25, 0.3) is 0 Å². The highest BCUT2D eigenvalue weighted by Crippen LogP contribution is 2.54. The minimum atomic E-state index is -0.374. The Morgan fingerprint density at radius 3 is 1.31 bits per heavy atom. The fraction of sp³-hybridized carbons (Fsp3) is 0.423. The molecular weight excluding hydrogens is 781 g/mol. The van der Waals surface area contributed by atoms with Crippen molar-refractivity contribution in [2.24, 2.45) is 21.8 Å². The van der Waals surface area contributed by atoms with Crippen molar-refractivity contribution in [1.29, 1.82) is 0 Å². The van der Waals surface area contributed by atoms with Gasteiger partial charge in [-0.2, -0.15) is 0 Å². The molecule has 10 nitrogen and oxygen atoms in total. The Balaban J connectivity index is 1.32. The molecule has 2 aromatic heterocycles. The van der Waals surface area contributed by atoms with Gasteiger partial charge in [0.05, 0.1) is 24.6 Å². The molecule has 0 bridgehead atoms. The van der Waals surface area contributed by atoms with Crippen LogP contribution >= 0.6 is 0 Å². The molecule has 0 unspecified atom stereocenters. The molecule has 2 aliphatic carbocycles. The molecule has 0 saturated heterocycles. The number of furan rings is 2. The van der Waals surface area contributed by atoms with E-state index >= 15 is 0 Å². The van der Waals surface area contributed by atoms with Crippen molar-refractivity contribution < 1.29 is 39.5 Å². The Morgan fingerprint density at radius 1 is 0.565 bits per heavy atom. The molecule has 2 saturated carbocycles. The summed E-state index contributed by atoms with van der Waals surface area (Å²) in [7, 11) is 0. The Bertz CT molecular complexity index is 2470. The number of fused-ring (bicyclic) bond motifs is 2. The molecular formula is C52H60N2O8. The van der Waals surface area contributed by atoms with Crippen LogP contribution in [0.2, 0.25) is 0 Å². The number of phenolic OH excluding ortho intramolecular Hbond substituents is 6. The normalized spacial score (nSPS) is 19.9. The lowest BCUT2D eigenvalue weighted by Gasteiger charge is -2.28. The number of benzene rings is 4. The second kappa shape index (κ2) is 17.5. The number of phenols is 6. The third-order valence-electron chi connectivity index (χ3n) is 13.6. The van der Waals surface area contributed by atoms with E-state index in [2.05, 4.69) is 0 Å². The van der Waals surface area contributed by atoms with Gasteiger partial charge in [0.1, 0.15) is 23.0 Å². The number of hydrogen-bond donors (Lipinski definition) is 6. The summed E-state index contributed by atoms with van der Waals surface area (Å²) < 4.78 is 11.4. The van der Waals surface area contributed by atoms with E-state index in [0.717, 1.165) is 75.7 Å². The third kappa shape index (κ3) is 7.77. The minimum absolute atomic E-state index is 0.0672. The highest BCUT2D eigenvalue weighted by molar-refractivity contribution is 6.15. The molecule has 2 fully saturated rings. The van der Waals surface area contributed by atoms with Crippen LogP contribution in [0.1, 0.15) is 136 Å². The van der Waals surface area contributed by atoms with Crippen LogP contribution in [-0.4, -0.2) is 55.2 Å². The van der Waals surface area contributed by atoms with Crippen molar-refractivity contribution in [3.63, 3.8) is 0 Å². The van der Waals surface area contributed by atoms with Crippen molar-refractivity contribution >= 4 is 34.0 Å². The van der Waals surface area contributed by atoms with Gasteiger partial charge in [-0.1, -0.05) is 65.5 Å². The molecule has 2 aliphatic rings. The van der Waals surface area contributed by atoms with Gasteiger partial charge in [0.2, 0.25) is 0 Å². The van der Waals surface area contributed by atoms with Gasteiger partial charge in [-0.25, -0.2) is 0 Å². The van der Waals surface area contributed by atoms with E-state index in [4.69, 9.17) is 18.8 Å². The number of hydrogen-bond acceptors (Lipinski definition) is 10. The first-order valence-electron chi connectivity index (χ1n) is 22.4. The van der Waals surface area contributed by atoms with Crippen LogP contribution in [0.15, 0.2) is 67.7 Å². The van der Waals surface area contributed by atoms with Crippen molar-refractivity contribution in [3.05, 3.63) is 93.8 Å². The monoisotopic (exact) mass is 840 g/mol. The van der Waals surface area contributed by atoms with Crippen LogP contribution in [0.5, 0.6) is 34.5 Å². The highest BCUT2D eigenvalue weighted by atomic mass is 16.3. The van der Waals surface area contributed by atoms with Gasteiger partial charge in [-0.3, -0.25) is 9.98 Å². The topological polar surface area (TPSA) is 172 Å². The largest absolute Gasteiger partial charge is 0.507 e. The fourth-order valence-electron chi connectivity index (χ4n) is 10.6. The minimum Gasteiger partial charge on any atom is -0.507 e. The van der Waals surface area contributed by atoms with Gasteiger partial charge >= 0.3 is 0 Å². The quantitative estimate of drug-likeness (QED) is 0.0552. The van der Waals surface area contributed by atoms with Gasteiger partial charge in [-0.05, 0) is 109 Å². The lowest BCUT2D eigenvalue weighted by molar-refractivity contribution is 0.292. The van der Waals surface area contributed by atoms with Gasteiger partial charge in [0.15, 0.2) is 23.0 Å². The summed E-state index contributed by atoms with van der Waals surface area (Å²) in [5.74, 6) is 0.159. The molecule has 4 atom stereocenters. The van der Waals surface area contributed by atoms with Crippen LogP contribution in [0.3, 0.4) is 0 Å². The summed E-state index contributed by atoms with van der Waals surface area (Å²) in [4.78, 5) is 10.1. The van der Waals surface area contributed by atoms with E-state index in [1.54, 1.807) is 25.0 Å². The molecule has 62 heavy (non-hydrogen) atoms. The van der Waals surface area contributed by atoms with Crippen LogP contribution in [0, 0.1) is 25.7 Å². The molecule has 6 aromatic rings.